The fourth-order valence-electron chi connectivity index (χ4n) is 5.43. The summed E-state index contributed by atoms with van der Waals surface area (Å²) in [5.41, 5.74) is 1.57. The van der Waals surface area contributed by atoms with Crippen LogP contribution in [0.15, 0.2) is 64.4 Å². The summed E-state index contributed by atoms with van der Waals surface area (Å²) in [6.07, 6.45) is -4.87. The third kappa shape index (κ3) is 7.46. The highest BCUT2D eigenvalue weighted by Crippen LogP contribution is 2.44. The maximum absolute atomic E-state index is 14.2. The molecule has 0 spiro atoms. The first-order valence-electron chi connectivity index (χ1n) is 14.5. The number of rotatable bonds is 8. The van der Waals surface area contributed by atoms with E-state index in [9.17, 15) is 32.3 Å². The van der Waals surface area contributed by atoms with Gasteiger partial charge in [-0.1, -0.05) is 41.9 Å². The number of carbonyl (C=O) groups is 3. The van der Waals surface area contributed by atoms with Crippen LogP contribution in [0, 0.1) is 0 Å². The summed E-state index contributed by atoms with van der Waals surface area (Å²) in [5, 5.41) is 6.97. The monoisotopic (exact) mass is 693 g/mol. The largest absolute Gasteiger partial charge is 0.451 e. The number of carbonyl (C=O) groups excluding carboxylic acids is 3. The number of alkyl halides is 3. The van der Waals surface area contributed by atoms with Crippen molar-refractivity contribution in [3.05, 3.63) is 92.4 Å². The van der Waals surface area contributed by atoms with Crippen LogP contribution in [0.4, 0.5) is 18.0 Å². The van der Waals surface area contributed by atoms with Gasteiger partial charge in [0.25, 0.3) is 0 Å². The minimum atomic E-state index is -4.74. The number of pyridine rings is 1. The van der Waals surface area contributed by atoms with Crippen LogP contribution in [-0.2, 0) is 26.5 Å². The van der Waals surface area contributed by atoms with Crippen molar-refractivity contribution in [2.45, 2.75) is 49.2 Å². The summed E-state index contributed by atoms with van der Waals surface area (Å²) >= 11 is 8.19. The lowest BCUT2D eigenvalue weighted by molar-refractivity contribution is -0.185. The van der Waals surface area contributed by atoms with E-state index in [-0.39, 0.29) is 30.4 Å². The number of benzene rings is 2. The normalized spacial score (nSPS) is 16.6. The summed E-state index contributed by atoms with van der Waals surface area (Å²) in [6, 6.07) is 11.1. The molecule has 2 aromatic carbocycles. The van der Waals surface area contributed by atoms with Crippen molar-refractivity contribution in [1.82, 2.24) is 20.2 Å². The molecule has 0 radical (unpaired) electrons. The molecular weight excluding hydrogens is 663 g/mol. The summed E-state index contributed by atoms with van der Waals surface area (Å²) in [6.45, 7) is 1.21. The van der Waals surface area contributed by atoms with Crippen LogP contribution >= 0.6 is 23.4 Å². The van der Waals surface area contributed by atoms with Gasteiger partial charge in [0.15, 0.2) is 5.75 Å². The molecule has 5 rings (SSSR count). The zero-order valence-electron chi connectivity index (χ0n) is 25.3. The van der Waals surface area contributed by atoms with Gasteiger partial charge in [0, 0.05) is 47.9 Å². The number of amides is 3. The molecule has 3 heterocycles. The van der Waals surface area contributed by atoms with Crippen molar-refractivity contribution in [1.29, 1.82) is 0 Å². The van der Waals surface area contributed by atoms with Gasteiger partial charge in [-0.05, 0) is 35.7 Å². The Bertz CT molecular complexity index is 1740. The second kappa shape index (κ2) is 14.2. The highest BCUT2D eigenvalue weighted by molar-refractivity contribution is 7.98. The molecule has 2 atom stereocenters. The van der Waals surface area contributed by atoms with E-state index in [0.717, 1.165) is 33.4 Å². The van der Waals surface area contributed by atoms with Gasteiger partial charge in [0.1, 0.15) is 12.7 Å². The predicted molar refractivity (Wildman–Crippen MR) is 168 cm³/mol. The van der Waals surface area contributed by atoms with E-state index in [1.165, 1.54) is 35.6 Å². The van der Waals surface area contributed by atoms with E-state index < -0.39 is 55.6 Å². The summed E-state index contributed by atoms with van der Waals surface area (Å²) in [5.74, 6) is -1.03. The Morgan fingerprint density at radius 2 is 1.79 bits per heavy atom. The lowest BCUT2D eigenvalue weighted by Gasteiger charge is -2.40. The SMILES string of the molecule is CC(=O)NCCNC(=O)OCOc1c2n(ccc1=O)N([C@@H]1c3ccccc3SCc3c(Cl)cccc31)CN([C@H](C)C(F)(F)F)C(=O)C2. The van der Waals surface area contributed by atoms with Gasteiger partial charge < -0.3 is 25.0 Å². The Hall–Kier alpha value is -4.37. The zero-order chi connectivity index (χ0) is 33.9. The van der Waals surface area contributed by atoms with E-state index in [1.807, 2.05) is 30.3 Å². The number of thioether (sulfide) groups is 1. The lowest BCUT2D eigenvalue weighted by atomic mass is 9.94. The number of alkyl carbamates (subject to hydrolysis) is 1. The van der Waals surface area contributed by atoms with Crippen molar-refractivity contribution in [2.75, 3.05) is 31.6 Å². The smallest absolute Gasteiger partial charge is 0.410 e. The third-order valence-electron chi connectivity index (χ3n) is 7.78. The topological polar surface area (TPSA) is 122 Å². The Kier molecular flexibility index (Phi) is 10.2. The van der Waals surface area contributed by atoms with Crippen molar-refractivity contribution in [3.8, 4) is 5.75 Å². The number of fused-ring (bicyclic) bond motifs is 3. The summed E-state index contributed by atoms with van der Waals surface area (Å²) in [4.78, 5) is 51.5. The first-order chi connectivity index (χ1) is 22.4. The zero-order valence-corrected chi connectivity index (χ0v) is 26.9. The van der Waals surface area contributed by atoms with Crippen LogP contribution in [0.3, 0.4) is 0 Å². The molecule has 11 nitrogen and oxygen atoms in total. The molecule has 0 bridgehead atoms. The number of nitrogens with one attached hydrogen (secondary N) is 2. The van der Waals surface area contributed by atoms with Gasteiger partial charge in [-0.25, -0.2) is 4.79 Å². The van der Waals surface area contributed by atoms with E-state index in [4.69, 9.17) is 21.1 Å². The second-order valence-electron chi connectivity index (χ2n) is 10.8. The number of nitrogens with zero attached hydrogens (tertiary/aromatic N) is 3. The average Bonchev–Trinajstić information content (AvgIpc) is 3.27. The maximum atomic E-state index is 14.2. The molecule has 2 aliphatic rings. The molecule has 250 valence electrons. The Labute approximate surface area is 276 Å². The Balaban J connectivity index is 1.58. The summed E-state index contributed by atoms with van der Waals surface area (Å²) in [7, 11) is 0. The quantitative estimate of drug-likeness (QED) is 0.264. The van der Waals surface area contributed by atoms with Crippen LogP contribution in [0.1, 0.15) is 42.3 Å². The molecule has 0 saturated carbocycles. The molecule has 47 heavy (non-hydrogen) atoms. The van der Waals surface area contributed by atoms with Gasteiger partial charge >= 0.3 is 12.3 Å². The van der Waals surface area contributed by atoms with Crippen molar-refractivity contribution in [3.63, 3.8) is 0 Å². The summed E-state index contributed by atoms with van der Waals surface area (Å²) < 4.78 is 54.6. The minimum absolute atomic E-state index is 0.0213. The first-order valence-corrected chi connectivity index (χ1v) is 15.9. The standard InChI is InChI=1S/C31H31ClF3N5O6S/c1-18(31(33,34)35)38-16-40(28-20-7-5-8-23(32)22(20)15-47-26-9-4-3-6-21(26)28)39-13-10-25(42)29(24(39)14-27(38)43)45-17-46-30(44)37-12-11-36-19(2)41/h3-10,13,18,28H,11-12,14-17H2,1-2H3,(H,36,41)(H,37,44)/t18-,28+/m1/s1. The Morgan fingerprint density at radius 3 is 2.53 bits per heavy atom. The van der Waals surface area contributed by atoms with E-state index in [1.54, 1.807) is 17.1 Å². The number of hydrogen-bond donors (Lipinski definition) is 2. The number of halogens is 4. The molecule has 0 unspecified atom stereocenters. The van der Waals surface area contributed by atoms with Crippen LogP contribution in [0.5, 0.6) is 5.75 Å². The van der Waals surface area contributed by atoms with Crippen LogP contribution in [-0.4, -0.2) is 66.3 Å². The molecule has 16 heteroatoms. The maximum Gasteiger partial charge on any atom is 0.410 e. The van der Waals surface area contributed by atoms with Crippen LogP contribution < -0.4 is 25.8 Å². The van der Waals surface area contributed by atoms with Gasteiger partial charge in [-0.2, -0.15) is 13.2 Å². The molecule has 3 amide bonds. The number of hydrogen-bond acceptors (Lipinski definition) is 8. The number of aromatic nitrogens is 1. The molecule has 2 aliphatic heterocycles. The second-order valence-corrected chi connectivity index (χ2v) is 12.2. The Morgan fingerprint density at radius 1 is 1.06 bits per heavy atom. The van der Waals surface area contributed by atoms with E-state index in [0.29, 0.717) is 10.8 Å². The molecule has 3 aromatic rings. The highest BCUT2D eigenvalue weighted by Gasteiger charge is 2.45. The number of ether oxygens (including phenoxy) is 2. The van der Waals surface area contributed by atoms with Gasteiger partial charge in [0.2, 0.25) is 24.0 Å². The fraction of sp³-hybridized carbons (Fsp3) is 0.355. The highest BCUT2D eigenvalue weighted by atomic mass is 35.5. The van der Waals surface area contributed by atoms with E-state index in [2.05, 4.69) is 10.6 Å². The molecule has 0 fully saturated rings. The predicted octanol–water partition coefficient (Wildman–Crippen LogP) is 4.33. The minimum Gasteiger partial charge on any atom is -0.451 e. The third-order valence-corrected chi connectivity index (χ3v) is 9.25. The molecule has 1 aromatic heterocycles. The van der Waals surface area contributed by atoms with Crippen LogP contribution in [0.2, 0.25) is 5.02 Å². The molecule has 0 saturated heterocycles. The van der Waals surface area contributed by atoms with Crippen molar-refractivity contribution in [2.24, 2.45) is 0 Å². The fourth-order valence-corrected chi connectivity index (χ4v) is 6.90. The van der Waals surface area contributed by atoms with Crippen molar-refractivity contribution < 1.29 is 37.0 Å². The molecule has 0 aliphatic carbocycles. The van der Waals surface area contributed by atoms with Crippen molar-refractivity contribution >= 4 is 41.3 Å². The van der Waals surface area contributed by atoms with Gasteiger partial charge in [0.05, 0.1) is 18.2 Å². The first kappa shape index (κ1) is 34.0. The lowest BCUT2D eigenvalue weighted by Crippen LogP contribution is -2.53. The van der Waals surface area contributed by atoms with Gasteiger partial charge in [-0.3, -0.25) is 24.1 Å². The molecular formula is C31H31ClF3N5O6S. The average molecular weight is 694 g/mol. The van der Waals surface area contributed by atoms with E-state index >= 15 is 0 Å². The molecule has 2 N–H and O–H groups in total. The van der Waals surface area contributed by atoms with Crippen LogP contribution in [0.25, 0.3) is 0 Å². The van der Waals surface area contributed by atoms with Gasteiger partial charge in [-0.15, -0.1) is 11.8 Å².